The number of aromatic nitrogens is 1. The minimum Gasteiger partial charge on any atom is -0.461 e. The van der Waals surface area contributed by atoms with Crippen LogP contribution in [0.1, 0.15) is 54.9 Å². The van der Waals surface area contributed by atoms with Crippen molar-refractivity contribution in [3.8, 4) is 0 Å². The fourth-order valence-electron chi connectivity index (χ4n) is 4.06. The van der Waals surface area contributed by atoms with Gasteiger partial charge in [-0.2, -0.15) is 0 Å². The quantitative estimate of drug-likeness (QED) is 0.839. The second-order valence-corrected chi connectivity index (χ2v) is 7.62. The third-order valence-corrected chi connectivity index (χ3v) is 5.95. The van der Waals surface area contributed by atoms with Gasteiger partial charge in [-0.25, -0.2) is 9.78 Å². The number of hydrogen-bond donors (Lipinski definition) is 1. The molecule has 1 aromatic heterocycles. The van der Waals surface area contributed by atoms with E-state index < -0.39 is 0 Å². The maximum Gasteiger partial charge on any atom is 0.358 e. The molecular weight excluding hydrogens is 284 g/mol. The van der Waals surface area contributed by atoms with Crippen LogP contribution in [-0.4, -0.2) is 23.6 Å². The summed E-state index contributed by atoms with van der Waals surface area (Å²) < 4.78 is 5.04. The molecule has 21 heavy (non-hydrogen) atoms. The summed E-state index contributed by atoms with van der Waals surface area (Å²) >= 11 is 1.55. The summed E-state index contributed by atoms with van der Waals surface area (Å²) in [4.78, 5) is 17.2. The van der Waals surface area contributed by atoms with Crippen LogP contribution < -0.4 is 5.32 Å². The highest BCUT2D eigenvalue weighted by molar-refractivity contribution is 7.15. The Morgan fingerprint density at radius 1 is 1.48 bits per heavy atom. The molecule has 2 aliphatic carbocycles. The number of ether oxygens (including phenoxy) is 1. The van der Waals surface area contributed by atoms with Crippen LogP contribution in [-0.2, 0) is 4.74 Å². The smallest absolute Gasteiger partial charge is 0.358 e. The highest BCUT2D eigenvalue weighted by Gasteiger charge is 2.41. The summed E-state index contributed by atoms with van der Waals surface area (Å²) in [6.45, 7) is 6.39. The van der Waals surface area contributed by atoms with E-state index in [1.54, 1.807) is 11.3 Å². The van der Waals surface area contributed by atoms with Crippen LogP contribution in [0.3, 0.4) is 0 Å². The average molecular weight is 308 g/mol. The number of rotatable bonds is 5. The van der Waals surface area contributed by atoms with Crippen LogP contribution >= 0.6 is 11.3 Å². The highest BCUT2D eigenvalue weighted by atomic mass is 32.1. The minimum atomic E-state index is -0.313. The summed E-state index contributed by atoms with van der Waals surface area (Å²) in [7, 11) is 0. The van der Waals surface area contributed by atoms with Crippen LogP contribution in [0.15, 0.2) is 0 Å². The van der Waals surface area contributed by atoms with Crippen LogP contribution in [0, 0.1) is 24.7 Å². The van der Waals surface area contributed by atoms with Crippen molar-refractivity contribution >= 4 is 22.4 Å². The Balaban J connectivity index is 1.65. The van der Waals surface area contributed by atoms with E-state index >= 15 is 0 Å². The van der Waals surface area contributed by atoms with Gasteiger partial charge in [0.25, 0.3) is 0 Å². The van der Waals surface area contributed by atoms with Crippen LogP contribution in [0.5, 0.6) is 0 Å². The normalized spacial score (nSPS) is 28.6. The third kappa shape index (κ3) is 2.93. The van der Waals surface area contributed by atoms with Crippen molar-refractivity contribution in [1.29, 1.82) is 0 Å². The van der Waals surface area contributed by atoms with E-state index in [0.29, 0.717) is 18.3 Å². The maximum atomic E-state index is 11.8. The zero-order chi connectivity index (χ0) is 15.0. The van der Waals surface area contributed by atoms with Gasteiger partial charge in [0, 0.05) is 10.9 Å². The number of thiazole rings is 1. The lowest BCUT2D eigenvalue weighted by molar-refractivity contribution is 0.0519. The summed E-state index contributed by atoms with van der Waals surface area (Å²) in [6.07, 6.45) is 5.60. The number of esters is 1. The van der Waals surface area contributed by atoms with Crippen molar-refractivity contribution in [3.05, 3.63) is 10.6 Å². The fraction of sp³-hybridized carbons (Fsp3) is 0.750. The van der Waals surface area contributed by atoms with Crippen LogP contribution in [0.25, 0.3) is 0 Å². The second-order valence-electron chi connectivity index (χ2n) is 6.42. The first-order valence-electron chi connectivity index (χ1n) is 7.99. The second kappa shape index (κ2) is 5.95. The molecule has 0 spiro atoms. The number of fused-ring (bicyclic) bond motifs is 2. The molecule has 1 N–H and O–H groups in total. The Labute approximate surface area is 130 Å². The number of nitrogens with one attached hydrogen (secondary N) is 1. The molecule has 4 unspecified atom stereocenters. The largest absolute Gasteiger partial charge is 0.461 e. The molecule has 3 rings (SSSR count). The minimum absolute atomic E-state index is 0.313. The highest BCUT2D eigenvalue weighted by Crippen LogP contribution is 2.49. The lowest BCUT2D eigenvalue weighted by atomic mass is 9.84. The molecule has 0 aromatic carbocycles. The van der Waals surface area contributed by atoms with Crippen molar-refractivity contribution in [2.75, 3.05) is 11.9 Å². The third-order valence-electron chi connectivity index (χ3n) is 5.05. The maximum absolute atomic E-state index is 11.8. The standard InChI is InChI=1S/C16H24N2O2S/c1-4-20-15(19)14-10(3)21-16(18-14)17-9(2)13-8-11-5-6-12(13)7-11/h9,11-13H,4-8H2,1-3H3,(H,17,18). The van der Waals surface area contributed by atoms with Crippen LogP contribution in [0.2, 0.25) is 0 Å². The molecule has 116 valence electrons. The Bertz CT molecular complexity index is 528. The number of anilines is 1. The number of hydrogen-bond acceptors (Lipinski definition) is 5. The predicted molar refractivity (Wildman–Crippen MR) is 84.8 cm³/mol. The van der Waals surface area contributed by atoms with E-state index in [0.717, 1.165) is 27.8 Å². The van der Waals surface area contributed by atoms with Gasteiger partial charge in [-0.3, -0.25) is 0 Å². The van der Waals surface area contributed by atoms with Crippen LogP contribution in [0.4, 0.5) is 5.13 Å². The van der Waals surface area contributed by atoms with Gasteiger partial charge in [-0.1, -0.05) is 6.42 Å². The van der Waals surface area contributed by atoms with Gasteiger partial charge >= 0.3 is 5.97 Å². The van der Waals surface area contributed by atoms with Gasteiger partial charge in [-0.05, 0) is 57.8 Å². The lowest BCUT2D eigenvalue weighted by Gasteiger charge is -2.28. The van der Waals surface area contributed by atoms with Crippen molar-refractivity contribution in [1.82, 2.24) is 4.98 Å². The molecule has 2 bridgehead atoms. The van der Waals surface area contributed by atoms with Gasteiger partial charge in [0.1, 0.15) is 0 Å². The summed E-state index contributed by atoms with van der Waals surface area (Å²) in [5, 5.41) is 4.38. The Morgan fingerprint density at radius 2 is 2.29 bits per heavy atom. The number of nitrogens with zero attached hydrogens (tertiary/aromatic N) is 1. The van der Waals surface area contributed by atoms with E-state index in [4.69, 9.17) is 4.74 Å². The molecule has 5 heteroatoms. The Kier molecular flexibility index (Phi) is 4.20. The monoisotopic (exact) mass is 308 g/mol. The molecular formula is C16H24N2O2S. The number of carbonyl (C=O) groups excluding carboxylic acids is 1. The van der Waals surface area contributed by atoms with Gasteiger partial charge in [0.05, 0.1) is 6.61 Å². The van der Waals surface area contributed by atoms with Gasteiger partial charge in [-0.15, -0.1) is 11.3 Å². The molecule has 1 heterocycles. The van der Waals surface area contributed by atoms with Gasteiger partial charge in [0.15, 0.2) is 10.8 Å². The molecule has 2 saturated carbocycles. The molecule has 0 saturated heterocycles. The summed E-state index contributed by atoms with van der Waals surface area (Å²) in [6, 6.07) is 0.431. The fourth-order valence-corrected chi connectivity index (χ4v) is 4.95. The van der Waals surface area contributed by atoms with E-state index in [2.05, 4.69) is 17.2 Å². The predicted octanol–water partition coefficient (Wildman–Crippen LogP) is 3.86. The van der Waals surface area contributed by atoms with E-state index in [1.807, 2.05) is 13.8 Å². The molecule has 0 amide bonds. The SMILES string of the molecule is CCOC(=O)c1nc(NC(C)C2CC3CCC2C3)sc1C. The van der Waals surface area contributed by atoms with Gasteiger partial charge in [0.2, 0.25) is 0 Å². The molecule has 4 atom stereocenters. The first kappa shape index (κ1) is 14.8. The molecule has 2 fully saturated rings. The first-order chi connectivity index (χ1) is 10.1. The zero-order valence-corrected chi connectivity index (χ0v) is 13.8. The molecule has 2 aliphatic rings. The summed E-state index contributed by atoms with van der Waals surface area (Å²) in [5.74, 6) is 2.30. The van der Waals surface area contributed by atoms with E-state index in [1.165, 1.54) is 25.7 Å². The molecule has 0 radical (unpaired) electrons. The zero-order valence-electron chi connectivity index (χ0n) is 13.0. The topological polar surface area (TPSA) is 51.2 Å². The Hall–Kier alpha value is -1.10. The number of carbonyl (C=O) groups is 1. The van der Waals surface area contributed by atoms with E-state index in [9.17, 15) is 4.79 Å². The van der Waals surface area contributed by atoms with E-state index in [-0.39, 0.29) is 5.97 Å². The van der Waals surface area contributed by atoms with Crippen molar-refractivity contribution in [2.24, 2.45) is 17.8 Å². The van der Waals surface area contributed by atoms with Crippen molar-refractivity contribution in [3.63, 3.8) is 0 Å². The summed E-state index contributed by atoms with van der Waals surface area (Å²) in [5.41, 5.74) is 0.462. The van der Waals surface area contributed by atoms with Crippen molar-refractivity contribution in [2.45, 2.75) is 52.5 Å². The number of aryl methyl sites for hydroxylation is 1. The molecule has 0 aliphatic heterocycles. The average Bonchev–Trinajstić information content (AvgIpc) is 3.14. The molecule has 4 nitrogen and oxygen atoms in total. The Morgan fingerprint density at radius 3 is 2.90 bits per heavy atom. The van der Waals surface area contributed by atoms with Gasteiger partial charge < -0.3 is 10.1 Å². The first-order valence-corrected chi connectivity index (χ1v) is 8.81. The van der Waals surface area contributed by atoms with Crippen molar-refractivity contribution < 1.29 is 9.53 Å². The molecule has 1 aromatic rings. The lowest BCUT2D eigenvalue weighted by Crippen LogP contribution is -2.29.